The molecule has 2 aromatic heterocycles. The standard InChI is InChI=1S/C19H21N3O3.2ClH/c1-2-24-19(23)17-18(21-16-10-6-7-11-22(16)17)25-13-15(20)12-14-8-4-3-5-9-14;;/h3-11,15H,2,12-13,20H2,1H3;2*1H/t15-;;/m1../s1. The quantitative estimate of drug-likeness (QED) is 0.603. The monoisotopic (exact) mass is 411 g/mol. The predicted octanol–water partition coefficient (Wildman–Crippen LogP) is 3.30. The van der Waals surface area contributed by atoms with E-state index in [-0.39, 0.29) is 55.6 Å². The van der Waals surface area contributed by atoms with Gasteiger partial charge in [0.25, 0.3) is 0 Å². The van der Waals surface area contributed by atoms with E-state index in [1.807, 2.05) is 42.5 Å². The van der Waals surface area contributed by atoms with Gasteiger partial charge in [0.05, 0.1) is 6.61 Å². The van der Waals surface area contributed by atoms with Crippen LogP contribution in [0.2, 0.25) is 0 Å². The molecule has 6 nitrogen and oxygen atoms in total. The van der Waals surface area contributed by atoms with E-state index in [2.05, 4.69) is 4.98 Å². The van der Waals surface area contributed by atoms with Crippen molar-refractivity contribution >= 4 is 36.4 Å². The van der Waals surface area contributed by atoms with Crippen LogP contribution in [0.5, 0.6) is 5.88 Å². The van der Waals surface area contributed by atoms with Gasteiger partial charge in [-0.3, -0.25) is 4.40 Å². The van der Waals surface area contributed by atoms with Gasteiger partial charge < -0.3 is 15.2 Å². The molecule has 0 aliphatic rings. The highest BCUT2D eigenvalue weighted by Gasteiger charge is 2.22. The summed E-state index contributed by atoms with van der Waals surface area (Å²) in [6.45, 7) is 2.30. The SMILES string of the molecule is CCOC(=O)c1c(OC[C@H](N)Cc2ccccc2)nc2ccccn12.Cl.Cl. The van der Waals surface area contributed by atoms with Crippen molar-refractivity contribution in [2.75, 3.05) is 13.2 Å². The Morgan fingerprint density at radius 2 is 1.85 bits per heavy atom. The Morgan fingerprint density at radius 1 is 1.15 bits per heavy atom. The van der Waals surface area contributed by atoms with Gasteiger partial charge in [0.15, 0.2) is 5.69 Å². The summed E-state index contributed by atoms with van der Waals surface area (Å²) >= 11 is 0. The third kappa shape index (κ3) is 5.60. The van der Waals surface area contributed by atoms with Crippen LogP contribution >= 0.6 is 24.8 Å². The molecule has 3 rings (SSSR count). The lowest BCUT2D eigenvalue weighted by Gasteiger charge is -2.12. The normalized spacial score (nSPS) is 11.2. The predicted molar refractivity (Wildman–Crippen MR) is 109 cm³/mol. The Hall–Kier alpha value is -2.28. The molecule has 8 heteroatoms. The lowest BCUT2D eigenvalue weighted by molar-refractivity contribution is 0.0512. The van der Waals surface area contributed by atoms with Crippen LogP contribution < -0.4 is 10.5 Å². The third-order valence-corrected chi connectivity index (χ3v) is 3.74. The van der Waals surface area contributed by atoms with Gasteiger partial charge in [0, 0.05) is 12.2 Å². The maximum Gasteiger partial charge on any atom is 0.361 e. The molecule has 0 aliphatic heterocycles. The van der Waals surface area contributed by atoms with Crippen LogP contribution in [0, 0.1) is 0 Å². The highest BCUT2D eigenvalue weighted by molar-refractivity contribution is 5.91. The Balaban J connectivity index is 0.00000182. The molecule has 0 bridgehead atoms. The number of esters is 1. The molecule has 2 heterocycles. The zero-order chi connectivity index (χ0) is 17.6. The molecule has 0 fully saturated rings. The lowest BCUT2D eigenvalue weighted by atomic mass is 10.1. The maximum absolute atomic E-state index is 12.3. The third-order valence-electron chi connectivity index (χ3n) is 3.74. The number of hydrogen-bond acceptors (Lipinski definition) is 5. The van der Waals surface area contributed by atoms with Gasteiger partial charge in [-0.2, -0.15) is 4.98 Å². The smallest absolute Gasteiger partial charge is 0.361 e. The first kappa shape index (κ1) is 22.8. The summed E-state index contributed by atoms with van der Waals surface area (Å²) in [5.41, 5.74) is 8.20. The Morgan fingerprint density at radius 3 is 2.56 bits per heavy atom. The molecule has 0 radical (unpaired) electrons. The first-order valence-electron chi connectivity index (χ1n) is 8.25. The molecule has 0 amide bonds. The van der Waals surface area contributed by atoms with E-state index in [4.69, 9.17) is 15.2 Å². The second-order valence-corrected chi connectivity index (χ2v) is 5.68. The van der Waals surface area contributed by atoms with Crippen LogP contribution in [-0.4, -0.2) is 34.6 Å². The van der Waals surface area contributed by atoms with E-state index in [0.717, 1.165) is 5.56 Å². The average molecular weight is 412 g/mol. The van der Waals surface area contributed by atoms with E-state index in [1.165, 1.54) is 0 Å². The molecule has 1 aromatic carbocycles. The zero-order valence-corrected chi connectivity index (χ0v) is 16.5. The molecule has 0 spiro atoms. The minimum absolute atomic E-state index is 0. The fourth-order valence-electron chi connectivity index (χ4n) is 2.62. The van der Waals surface area contributed by atoms with Crippen molar-refractivity contribution in [1.29, 1.82) is 0 Å². The van der Waals surface area contributed by atoms with E-state index >= 15 is 0 Å². The fourth-order valence-corrected chi connectivity index (χ4v) is 2.62. The van der Waals surface area contributed by atoms with Gasteiger partial charge in [-0.25, -0.2) is 4.79 Å². The van der Waals surface area contributed by atoms with Crippen LogP contribution in [0.15, 0.2) is 54.7 Å². The van der Waals surface area contributed by atoms with Crippen molar-refractivity contribution in [3.05, 3.63) is 66.0 Å². The number of rotatable bonds is 7. The number of imidazole rings is 1. The second kappa shape index (κ2) is 10.8. The van der Waals surface area contributed by atoms with Crippen molar-refractivity contribution in [1.82, 2.24) is 9.38 Å². The summed E-state index contributed by atoms with van der Waals surface area (Å²) < 4.78 is 12.6. The van der Waals surface area contributed by atoms with E-state index in [0.29, 0.717) is 12.1 Å². The second-order valence-electron chi connectivity index (χ2n) is 5.68. The lowest BCUT2D eigenvalue weighted by Crippen LogP contribution is -2.30. The number of ether oxygens (including phenoxy) is 2. The topological polar surface area (TPSA) is 78.8 Å². The summed E-state index contributed by atoms with van der Waals surface area (Å²) in [7, 11) is 0. The van der Waals surface area contributed by atoms with Gasteiger partial charge in [-0.1, -0.05) is 36.4 Å². The highest BCUT2D eigenvalue weighted by Crippen LogP contribution is 2.21. The largest absolute Gasteiger partial charge is 0.474 e. The molecule has 0 aliphatic carbocycles. The summed E-state index contributed by atoms with van der Waals surface area (Å²) in [5, 5.41) is 0. The minimum atomic E-state index is -0.465. The van der Waals surface area contributed by atoms with Gasteiger partial charge in [-0.15, -0.1) is 24.8 Å². The van der Waals surface area contributed by atoms with Crippen LogP contribution in [0.4, 0.5) is 0 Å². The molecule has 0 saturated heterocycles. The number of pyridine rings is 1. The number of aromatic nitrogens is 2. The fraction of sp³-hybridized carbons (Fsp3) is 0.263. The summed E-state index contributed by atoms with van der Waals surface area (Å²) in [6, 6.07) is 15.2. The van der Waals surface area contributed by atoms with Crippen LogP contribution in [0.25, 0.3) is 5.65 Å². The number of carbonyl (C=O) groups is 1. The van der Waals surface area contributed by atoms with Crippen molar-refractivity contribution in [3.63, 3.8) is 0 Å². The molecule has 0 saturated carbocycles. The van der Waals surface area contributed by atoms with Gasteiger partial charge in [0.2, 0.25) is 5.88 Å². The van der Waals surface area contributed by atoms with E-state index < -0.39 is 5.97 Å². The maximum atomic E-state index is 12.3. The molecular formula is C19H23Cl2N3O3. The first-order chi connectivity index (χ1) is 12.2. The van der Waals surface area contributed by atoms with Crippen molar-refractivity contribution in [2.24, 2.45) is 5.73 Å². The Bertz CT molecular complexity index is 856. The summed E-state index contributed by atoms with van der Waals surface area (Å²) in [5.74, 6) is -0.221. The number of halogens is 2. The van der Waals surface area contributed by atoms with E-state index in [1.54, 1.807) is 23.6 Å². The Labute approximate surface area is 170 Å². The number of nitrogens with zero attached hydrogens (tertiary/aromatic N) is 2. The van der Waals surface area contributed by atoms with Crippen molar-refractivity contribution < 1.29 is 14.3 Å². The number of nitrogens with two attached hydrogens (primary N) is 1. The molecular weight excluding hydrogens is 389 g/mol. The summed E-state index contributed by atoms with van der Waals surface area (Å²) in [4.78, 5) is 16.7. The van der Waals surface area contributed by atoms with Crippen molar-refractivity contribution in [3.8, 4) is 5.88 Å². The molecule has 0 unspecified atom stereocenters. The molecule has 27 heavy (non-hydrogen) atoms. The zero-order valence-electron chi connectivity index (χ0n) is 14.9. The number of benzene rings is 1. The van der Waals surface area contributed by atoms with Crippen LogP contribution in [-0.2, 0) is 11.2 Å². The highest BCUT2D eigenvalue weighted by atomic mass is 35.5. The average Bonchev–Trinajstić information content (AvgIpc) is 2.99. The van der Waals surface area contributed by atoms with Crippen LogP contribution in [0.3, 0.4) is 0 Å². The number of fused-ring (bicyclic) bond motifs is 1. The first-order valence-corrected chi connectivity index (χ1v) is 8.25. The number of hydrogen-bond donors (Lipinski definition) is 1. The molecule has 2 N–H and O–H groups in total. The molecule has 1 atom stereocenters. The number of carbonyl (C=O) groups excluding carboxylic acids is 1. The van der Waals surface area contributed by atoms with E-state index in [9.17, 15) is 4.79 Å². The van der Waals surface area contributed by atoms with Gasteiger partial charge >= 0.3 is 5.97 Å². The van der Waals surface area contributed by atoms with Gasteiger partial charge in [0.1, 0.15) is 12.3 Å². The van der Waals surface area contributed by atoms with Crippen LogP contribution in [0.1, 0.15) is 23.0 Å². The summed E-state index contributed by atoms with van der Waals surface area (Å²) in [6.07, 6.45) is 2.44. The Kier molecular flexibility index (Phi) is 9.08. The molecule has 146 valence electrons. The van der Waals surface area contributed by atoms with Gasteiger partial charge in [-0.05, 0) is 31.0 Å². The van der Waals surface area contributed by atoms with Crippen molar-refractivity contribution in [2.45, 2.75) is 19.4 Å². The molecule has 3 aromatic rings. The minimum Gasteiger partial charge on any atom is -0.474 e.